The molecule has 3 heterocycles. The van der Waals surface area contributed by atoms with Crippen molar-refractivity contribution in [1.82, 2.24) is 9.55 Å². The van der Waals surface area contributed by atoms with Crippen molar-refractivity contribution in [1.29, 1.82) is 0 Å². The number of nitrogens with zero attached hydrogens (tertiary/aromatic N) is 1. The lowest BCUT2D eigenvalue weighted by Crippen LogP contribution is -2.65. The fourth-order valence-electron chi connectivity index (χ4n) is 4.83. The summed E-state index contributed by atoms with van der Waals surface area (Å²) < 4.78 is 27.5. The second-order valence-electron chi connectivity index (χ2n) is 9.96. The van der Waals surface area contributed by atoms with Gasteiger partial charge in [0.25, 0.3) is 5.56 Å². The van der Waals surface area contributed by atoms with Crippen molar-refractivity contribution < 1.29 is 22.5 Å². The summed E-state index contributed by atoms with van der Waals surface area (Å²) in [5.41, 5.74) is -0.768. The summed E-state index contributed by atoms with van der Waals surface area (Å²) in [6, 6.07) is 1.19. The molecule has 3 rings (SSSR count). The summed E-state index contributed by atoms with van der Waals surface area (Å²) in [5, 5.41) is 0. The van der Waals surface area contributed by atoms with Crippen LogP contribution in [0.15, 0.2) is 21.9 Å². The number of carbonyl (C=O) groups excluding carboxylic acids is 1. The molecule has 0 radical (unpaired) electrons. The van der Waals surface area contributed by atoms with Crippen LogP contribution in [0.25, 0.3) is 0 Å². The molecule has 0 saturated carbocycles. The summed E-state index contributed by atoms with van der Waals surface area (Å²) >= 11 is 0. The Morgan fingerprint density at radius 3 is 2.00 bits per heavy atom. The maximum atomic E-state index is 13.4. The smallest absolute Gasteiger partial charge is 0.335 e. The molecule has 9 nitrogen and oxygen atoms in total. The topological polar surface area (TPSA) is 109 Å². The zero-order valence-corrected chi connectivity index (χ0v) is 22.2. The number of ketones is 1. The third kappa shape index (κ3) is 4.14. The number of aromatic amines is 1. The quantitative estimate of drug-likeness (QED) is 0.640. The van der Waals surface area contributed by atoms with E-state index in [1.54, 1.807) is 0 Å². The molecule has 11 heteroatoms. The molecular formula is C21H36N2O7Si2. The highest BCUT2D eigenvalue weighted by atomic mass is 28.5. The first-order chi connectivity index (χ1) is 14.9. The van der Waals surface area contributed by atoms with Crippen molar-refractivity contribution in [2.45, 2.75) is 96.0 Å². The largest absolute Gasteiger partial charge is 0.414 e. The van der Waals surface area contributed by atoms with Gasteiger partial charge in [-0.1, -0.05) is 55.4 Å². The second-order valence-corrected chi connectivity index (χ2v) is 18.8. The fraction of sp³-hybridized carbons (Fsp3) is 0.762. The van der Waals surface area contributed by atoms with Crippen molar-refractivity contribution in [3.8, 4) is 0 Å². The Labute approximate surface area is 190 Å². The highest BCUT2D eigenvalue weighted by molar-refractivity contribution is 6.84. The van der Waals surface area contributed by atoms with Crippen molar-refractivity contribution in [2.24, 2.45) is 0 Å². The third-order valence-corrected chi connectivity index (χ3v) is 16.8. The molecule has 0 amide bonds. The normalized spacial score (nSPS) is 27.8. The lowest BCUT2D eigenvalue weighted by Gasteiger charge is -2.50. The summed E-state index contributed by atoms with van der Waals surface area (Å²) in [6.07, 6.45) is -1.47. The average molecular weight is 485 g/mol. The van der Waals surface area contributed by atoms with E-state index in [1.165, 1.54) is 12.3 Å². The van der Waals surface area contributed by atoms with Crippen molar-refractivity contribution in [3.63, 3.8) is 0 Å². The van der Waals surface area contributed by atoms with E-state index in [2.05, 4.69) is 60.4 Å². The Morgan fingerprint density at radius 1 is 0.938 bits per heavy atom. The molecule has 2 aliphatic heterocycles. The number of hydrogen-bond acceptors (Lipinski definition) is 7. The van der Waals surface area contributed by atoms with Crippen LogP contribution >= 0.6 is 0 Å². The number of hydrogen-bond donors (Lipinski definition) is 1. The van der Waals surface area contributed by atoms with E-state index in [0.29, 0.717) is 0 Å². The highest BCUT2D eigenvalue weighted by Crippen LogP contribution is 2.47. The summed E-state index contributed by atoms with van der Waals surface area (Å²) in [4.78, 5) is 39.4. The van der Waals surface area contributed by atoms with E-state index in [9.17, 15) is 14.4 Å². The van der Waals surface area contributed by atoms with Crippen LogP contribution in [0, 0.1) is 0 Å². The van der Waals surface area contributed by atoms with Gasteiger partial charge in [-0.3, -0.25) is 19.1 Å². The maximum Gasteiger partial charge on any atom is 0.335 e. The monoisotopic (exact) mass is 484 g/mol. The summed E-state index contributed by atoms with van der Waals surface area (Å²) in [5.74, 6) is -0.363. The second kappa shape index (κ2) is 9.11. The number of ether oxygens (including phenoxy) is 1. The Bertz CT molecular complexity index is 940. The molecule has 0 bridgehead atoms. The van der Waals surface area contributed by atoms with Gasteiger partial charge in [0.15, 0.2) is 6.23 Å². The molecule has 0 spiro atoms. The minimum atomic E-state index is -2.97. The van der Waals surface area contributed by atoms with Crippen LogP contribution in [0.1, 0.15) is 61.6 Å². The van der Waals surface area contributed by atoms with Gasteiger partial charge in [0, 0.05) is 12.3 Å². The van der Waals surface area contributed by atoms with Crippen molar-refractivity contribution in [2.75, 3.05) is 6.61 Å². The number of carbonyl (C=O) groups is 1. The van der Waals surface area contributed by atoms with Gasteiger partial charge in [-0.05, 0) is 22.2 Å². The first-order valence-electron chi connectivity index (χ1n) is 11.4. The molecule has 2 aliphatic rings. The summed E-state index contributed by atoms with van der Waals surface area (Å²) in [6.45, 7) is 16.9. The molecule has 0 aromatic carbocycles. The Balaban J connectivity index is 2.09. The fourth-order valence-corrected chi connectivity index (χ4v) is 16.0. The predicted octanol–water partition coefficient (Wildman–Crippen LogP) is 2.96. The average Bonchev–Trinajstić information content (AvgIpc) is 2.96. The number of nitrogens with one attached hydrogen (secondary N) is 1. The van der Waals surface area contributed by atoms with Gasteiger partial charge in [-0.15, -0.1) is 0 Å². The Morgan fingerprint density at radius 2 is 1.50 bits per heavy atom. The number of rotatable bonds is 5. The van der Waals surface area contributed by atoms with Gasteiger partial charge in [0.05, 0.1) is 6.61 Å². The lowest BCUT2D eigenvalue weighted by atomic mass is 10.1. The van der Waals surface area contributed by atoms with Gasteiger partial charge in [-0.25, -0.2) is 4.79 Å². The molecule has 2 saturated heterocycles. The Kier molecular flexibility index (Phi) is 7.19. The number of aromatic nitrogens is 2. The number of fused-ring (bicyclic) bond motifs is 1. The van der Waals surface area contributed by atoms with E-state index in [1.807, 2.05) is 0 Å². The molecule has 2 fully saturated rings. The van der Waals surface area contributed by atoms with E-state index < -0.39 is 46.8 Å². The molecule has 1 aromatic heterocycles. The predicted molar refractivity (Wildman–Crippen MR) is 124 cm³/mol. The van der Waals surface area contributed by atoms with Crippen LogP contribution in [-0.4, -0.2) is 51.3 Å². The van der Waals surface area contributed by atoms with E-state index in [4.69, 9.17) is 17.7 Å². The lowest BCUT2D eigenvalue weighted by molar-refractivity contribution is -0.130. The van der Waals surface area contributed by atoms with Crippen LogP contribution < -0.4 is 11.2 Å². The van der Waals surface area contributed by atoms with Crippen LogP contribution in [0.2, 0.25) is 22.2 Å². The minimum absolute atomic E-state index is 0.0666. The third-order valence-electron chi connectivity index (χ3n) is 6.59. The standard InChI is InChI=1S/C21H36N2O7Si2/c1-12(2)31(13(3)4)27-11-16-19(29-32(30-31,14(5)6)15(7)8)18(25)20(28-16)23-10-9-17(24)22-21(23)26/h9-10,12-16,19-20H,11H2,1-8H3,(H,22,24,26). The van der Waals surface area contributed by atoms with E-state index in [-0.39, 0.29) is 34.6 Å². The molecule has 0 aliphatic carbocycles. The van der Waals surface area contributed by atoms with Gasteiger partial charge in [0.2, 0.25) is 5.78 Å². The molecule has 1 N–H and O–H groups in total. The van der Waals surface area contributed by atoms with Crippen LogP contribution in [0.5, 0.6) is 0 Å². The van der Waals surface area contributed by atoms with E-state index >= 15 is 0 Å². The number of Topliss-reactive ketones (excluding diaryl/α,β-unsaturated/α-hetero) is 1. The van der Waals surface area contributed by atoms with Gasteiger partial charge in [0.1, 0.15) is 12.2 Å². The van der Waals surface area contributed by atoms with Crippen molar-refractivity contribution in [3.05, 3.63) is 33.1 Å². The van der Waals surface area contributed by atoms with Crippen LogP contribution in [-0.2, 0) is 22.5 Å². The van der Waals surface area contributed by atoms with Gasteiger partial charge >= 0.3 is 22.8 Å². The first-order valence-corrected chi connectivity index (χ1v) is 15.3. The molecule has 180 valence electrons. The maximum absolute atomic E-state index is 13.4. The first kappa shape index (κ1) is 25.3. The molecule has 1 aromatic rings. The molecule has 32 heavy (non-hydrogen) atoms. The minimum Gasteiger partial charge on any atom is -0.414 e. The highest BCUT2D eigenvalue weighted by Gasteiger charge is 2.61. The van der Waals surface area contributed by atoms with Crippen LogP contribution in [0.3, 0.4) is 0 Å². The molecule has 3 unspecified atom stereocenters. The summed E-state index contributed by atoms with van der Waals surface area (Å²) in [7, 11) is -5.72. The van der Waals surface area contributed by atoms with Crippen LogP contribution in [0.4, 0.5) is 0 Å². The molecule has 3 atom stereocenters. The zero-order chi connectivity index (χ0) is 24.0. The Hall–Kier alpha value is -1.38. The van der Waals surface area contributed by atoms with Gasteiger partial charge < -0.3 is 17.7 Å². The zero-order valence-electron chi connectivity index (χ0n) is 20.2. The van der Waals surface area contributed by atoms with E-state index in [0.717, 1.165) is 4.57 Å². The van der Waals surface area contributed by atoms with Gasteiger partial charge in [-0.2, -0.15) is 0 Å². The number of H-pyrrole nitrogens is 1. The SMILES string of the molecule is CC(C)[Si]1(C(C)C)OCC2OC(n3ccc(=O)[nH]c3=O)C(=O)C2O[Si](C(C)C)(C(C)C)O1. The molecular weight excluding hydrogens is 448 g/mol. The van der Waals surface area contributed by atoms with Crippen molar-refractivity contribution >= 4 is 22.9 Å².